The van der Waals surface area contributed by atoms with E-state index in [1.807, 2.05) is 6.07 Å². The van der Waals surface area contributed by atoms with E-state index in [9.17, 15) is 4.39 Å². The quantitative estimate of drug-likeness (QED) is 0.786. The molecule has 0 fully saturated rings. The van der Waals surface area contributed by atoms with Crippen LogP contribution in [0.25, 0.3) is 0 Å². The number of hydrogen-bond donors (Lipinski definition) is 0. The molecule has 2 aromatic carbocycles. The number of benzene rings is 2. The molecular formula is C13H6BrClFNO. The van der Waals surface area contributed by atoms with Crippen LogP contribution in [-0.2, 0) is 0 Å². The molecule has 2 aromatic rings. The first kappa shape index (κ1) is 12.9. The Morgan fingerprint density at radius 3 is 2.44 bits per heavy atom. The van der Waals surface area contributed by atoms with Gasteiger partial charge in [0, 0.05) is 5.02 Å². The summed E-state index contributed by atoms with van der Waals surface area (Å²) in [7, 11) is 0. The Labute approximate surface area is 117 Å². The van der Waals surface area contributed by atoms with Crippen LogP contribution in [0.3, 0.4) is 0 Å². The van der Waals surface area contributed by atoms with Crippen molar-refractivity contribution in [1.82, 2.24) is 0 Å². The lowest BCUT2D eigenvalue weighted by Crippen LogP contribution is -1.91. The molecule has 0 aliphatic rings. The molecule has 0 bridgehead atoms. The summed E-state index contributed by atoms with van der Waals surface area (Å²) in [6.45, 7) is 0. The number of hydrogen-bond acceptors (Lipinski definition) is 2. The van der Waals surface area contributed by atoms with Crippen molar-refractivity contribution in [2.45, 2.75) is 0 Å². The fraction of sp³-hybridized carbons (Fsp3) is 0. The number of nitrogens with zero attached hydrogens (tertiary/aromatic N) is 1. The molecular weight excluding hydrogens is 321 g/mol. The highest BCUT2D eigenvalue weighted by atomic mass is 79.9. The molecule has 18 heavy (non-hydrogen) atoms. The molecule has 0 radical (unpaired) electrons. The maximum absolute atomic E-state index is 13.9. The molecule has 0 saturated carbocycles. The van der Waals surface area contributed by atoms with Gasteiger partial charge in [-0.05, 0) is 52.3 Å². The molecule has 0 unspecified atom stereocenters. The van der Waals surface area contributed by atoms with E-state index in [-0.39, 0.29) is 15.8 Å². The summed E-state index contributed by atoms with van der Waals surface area (Å²) in [5.41, 5.74) is 0.218. The van der Waals surface area contributed by atoms with E-state index in [0.29, 0.717) is 10.8 Å². The highest BCUT2D eigenvalue weighted by Gasteiger charge is 2.12. The molecule has 0 aromatic heterocycles. The first-order chi connectivity index (χ1) is 8.61. The molecule has 0 saturated heterocycles. The van der Waals surface area contributed by atoms with Gasteiger partial charge in [-0.15, -0.1) is 0 Å². The third kappa shape index (κ3) is 2.63. The lowest BCUT2D eigenvalue weighted by Gasteiger charge is -2.08. The van der Waals surface area contributed by atoms with Gasteiger partial charge in [0.05, 0.1) is 10.0 Å². The van der Waals surface area contributed by atoms with Gasteiger partial charge in [-0.25, -0.2) is 4.39 Å². The van der Waals surface area contributed by atoms with E-state index >= 15 is 0 Å². The van der Waals surface area contributed by atoms with Crippen molar-refractivity contribution >= 4 is 27.5 Å². The summed E-state index contributed by atoms with van der Waals surface area (Å²) in [5, 5.41) is 9.32. The minimum Gasteiger partial charge on any atom is -0.454 e. The van der Waals surface area contributed by atoms with Gasteiger partial charge < -0.3 is 4.74 Å². The minimum absolute atomic E-state index is 0.0446. The molecule has 2 nitrogen and oxygen atoms in total. The van der Waals surface area contributed by atoms with E-state index in [2.05, 4.69) is 15.9 Å². The first-order valence-electron chi connectivity index (χ1n) is 4.93. The molecule has 90 valence electrons. The Morgan fingerprint density at radius 1 is 1.17 bits per heavy atom. The number of halogens is 3. The molecule has 0 aliphatic heterocycles. The van der Waals surface area contributed by atoms with Gasteiger partial charge in [-0.1, -0.05) is 11.6 Å². The number of nitriles is 1. The smallest absolute Gasteiger partial charge is 0.181 e. The SMILES string of the molecule is N#Cc1ccc(Oc2ccc(Cl)cc2)c(F)c1Br. The van der Waals surface area contributed by atoms with E-state index < -0.39 is 5.82 Å². The first-order valence-corrected chi connectivity index (χ1v) is 6.10. The van der Waals surface area contributed by atoms with Crippen LogP contribution in [0.2, 0.25) is 5.02 Å². The van der Waals surface area contributed by atoms with Gasteiger partial charge in [0.15, 0.2) is 11.6 Å². The van der Waals surface area contributed by atoms with E-state index in [4.69, 9.17) is 21.6 Å². The standard InChI is InChI=1S/C13H6BrClFNO/c14-12-8(7-17)1-6-11(13(12)16)18-10-4-2-9(15)3-5-10/h1-6H. The zero-order valence-electron chi connectivity index (χ0n) is 8.95. The Balaban J connectivity index is 2.33. The van der Waals surface area contributed by atoms with Gasteiger partial charge in [-0.2, -0.15) is 5.26 Å². The molecule has 0 spiro atoms. The molecule has 5 heteroatoms. The third-order valence-electron chi connectivity index (χ3n) is 2.21. The van der Waals surface area contributed by atoms with Crippen LogP contribution in [0.1, 0.15) is 5.56 Å². The fourth-order valence-electron chi connectivity index (χ4n) is 1.33. The van der Waals surface area contributed by atoms with Crippen LogP contribution in [0.5, 0.6) is 11.5 Å². The predicted molar refractivity (Wildman–Crippen MR) is 70.3 cm³/mol. The summed E-state index contributed by atoms with van der Waals surface area (Å²) in [5.74, 6) is -0.0953. The van der Waals surface area contributed by atoms with Crippen molar-refractivity contribution in [3.05, 3.63) is 57.3 Å². The molecule has 0 heterocycles. The molecule has 0 amide bonds. The summed E-state index contributed by atoms with van der Waals surface area (Å²) in [6.07, 6.45) is 0. The Hall–Kier alpha value is -1.57. The minimum atomic E-state index is -0.607. The normalized spacial score (nSPS) is 9.89. The van der Waals surface area contributed by atoms with E-state index in [1.54, 1.807) is 24.3 Å². The second-order valence-electron chi connectivity index (χ2n) is 3.41. The topological polar surface area (TPSA) is 33.0 Å². The lowest BCUT2D eigenvalue weighted by atomic mass is 10.2. The highest BCUT2D eigenvalue weighted by molar-refractivity contribution is 9.10. The Bertz CT molecular complexity index is 622. The maximum atomic E-state index is 13.9. The van der Waals surface area contributed by atoms with Gasteiger partial charge in [-0.3, -0.25) is 0 Å². The summed E-state index contributed by atoms with van der Waals surface area (Å²) in [6, 6.07) is 11.3. The zero-order chi connectivity index (χ0) is 13.1. The highest BCUT2D eigenvalue weighted by Crippen LogP contribution is 2.31. The summed E-state index contributed by atoms with van der Waals surface area (Å²) >= 11 is 8.76. The van der Waals surface area contributed by atoms with Gasteiger partial charge in [0.25, 0.3) is 0 Å². The van der Waals surface area contributed by atoms with Crippen molar-refractivity contribution in [2.75, 3.05) is 0 Å². The van der Waals surface area contributed by atoms with Crippen LogP contribution in [0.15, 0.2) is 40.9 Å². The predicted octanol–water partition coefficient (Wildman–Crippen LogP) is 4.91. The summed E-state index contributed by atoms with van der Waals surface area (Å²) in [4.78, 5) is 0. The molecule has 2 rings (SSSR count). The lowest BCUT2D eigenvalue weighted by molar-refractivity contribution is 0.440. The average Bonchev–Trinajstić information content (AvgIpc) is 2.38. The van der Waals surface area contributed by atoms with Crippen molar-refractivity contribution in [2.24, 2.45) is 0 Å². The second-order valence-corrected chi connectivity index (χ2v) is 4.64. The Kier molecular flexibility index (Phi) is 3.85. The van der Waals surface area contributed by atoms with Crippen molar-refractivity contribution in [3.8, 4) is 17.6 Å². The van der Waals surface area contributed by atoms with Crippen LogP contribution < -0.4 is 4.74 Å². The van der Waals surface area contributed by atoms with E-state index in [0.717, 1.165) is 0 Å². The van der Waals surface area contributed by atoms with Crippen LogP contribution in [0.4, 0.5) is 4.39 Å². The number of rotatable bonds is 2. The monoisotopic (exact) mass is 325 g/mol. The molecule has 0 N–H and O–H groups in total. The van der Waals surface area contributed by atoms with Crippen LogP contribution >= 0.6 is 27.5 Å². The van der Waals surface area contributed by atoms with Gasteiger partial charge in [0.2, 0.25) is 0 Å². The fourth-order valence-corrected chi connectivity index (χ4v) is 1.87. The van der Waals surface area contributed by atoms with Gasteiger partial charge in [0.1, 0.15) is 11.8 Å². The maximum Gasteiger partial charge on any atom is 0.181 e. The average molecular weight is 327 g/mol. The zero-order valence-corrected chi connectivity index (χ0v) is 11.3. The second kappa shape index (κ2) is 5.38. The Morgan fingerprint density at radius 2 is 1.83 bits per heavy atom. The van der Waals surface area contributed by atoms with Crippen molar-refractivity contribution in [1.29, 1.82) is 5.26 Å². The molecule has 0 atom stereocenters. The van der Waals surface area contributed by atoms with Crippen molar-refractivity contribution in [3.63, 3.8) is 0 Å². The van der Waals surface area contributed by atoms with Gasteiger partial charge >= 0.3 is 0 Å². The number of ether oxygens (including phenoxy) is 1. The molecule has 0 aliphatic carbocycles. The van der Waals surface area contributed by atoms with Crippen LogP contribution in [-0.4, -0.2) is 0 Å². The van der Waals surface area contributed by atoms with Crippen LogP contribution in [0, 0.1) is 17.1 Å². The summed E-state index contributed by atoms with van der Waals surface area (Å²) < 4.78 is 19.3. The van der Waals surface area contributed by atoms with Crippen molar-refractivity contribution < 1.29 is 9.13 Å². The largest absolute Gasteiger partial charge is 0.454 e. The van der Waals surface area contributed by atoms with E-state index in [1.165, 1.54) is 12.1 Å². The third-order valence-corrected chi connectivity index (χ3v) is 3.24.